The highest BCUT2D eigenvalue weighted by molar-refractivity contribution is 7.99. The normalized spacial score (nSPS) is 11.0. The van der Waals surface area contributed by atoms with Gasteiger partial charge in [0, 0.05) is 22.6 Å². The first-order valence-corrected chi connectivity index (χ1v) is 9.01. The molecule has 1 aromatic carbocycles. The summed E-state index contributed by atoms with van der Waals surface area (Å²) in [4.78, 5) is 13.7. The molecule has 0 aliphatic rings. The zero-order valence-corrected chi connectivity index (χ0v) is 14.0. The van der Waals surface area contributed by atoms with Gasteiger partial charge in [0.1, 0.15) is 0 Å². The van der Waals surface area contributed by atoms with Crippen LogP contribution in [-0.2, 0) is 5.75 Å². The number of nitrogens with zero attached hydrogens (tertiary/aromatic N) is 2. The molecular weight excluding hydrogens is 310 g/mol. The van der Waals surface area contributed by atoms with Crippen LogP contribution in [-0.4, -0.2) is 20.7 Å². The minimum atomic E-state index is 0.814. The molecule has 0 unspecified atom stereocenters. The second-order valence-electron chi connectivity index (χ2n) is 4.83. The van der Waals surface area contributed by atoms with Crippen LogP contribution < -0.4 is 0 Å². The molecule has 2 heterocycles. The summed E-state index contributed by atoms with van der Waals surface area (Å²) < 4.78 is 0. The van der Waals surface area contributed by atoms with Gasteiger partial charge in [0.25, 0.3) is 0 Å². The molecule has 112 valence electrons. The summed E-state index contributed by atoms with van der Waals surface area (Å²) in [5.41, 5.74) is 4.44. The molecule has 5 heteroatoms. The number of hydrogen-bond donors (Lipinski definition) is 1. The molecule has 0 aliphatic carbocycles. The van der Waals surface area contributed by atoms with Crippen LogP contribution in [0.2, 0.25) is 0 Å². The van der Waals surface area contributed by atoms with Crippen LogP contribution in [0.5, 0.6) is 0 Å². The van der Waals surface area contributed by atoms with Gasteiger partial charge in [-0.25, -0.2) is 4.98 Å². The summed E-state index contributed by atoms with van der Waals surface area (Å²) in [7, 11) is 0. The zero-order chi connectivity index (χ0) is 15.4. The molecule has 3 rings (SSSR count). The van der Waals surface area contributed by atoms with E-state index < -0.39 is 0 Å². The fraction of sp³-hybridized carbons (Fsp3) is 0.176. The Morgan fingerprint density at radius 1 is 1.23 bits per heavy atom. The van der Waals surface area contributed by atoms with Gasteiger partial charge in [-0.3, -0.25) is 4.98 Å². The third-order valence-electron chi connectivity index (χ3n) is 3.33. The summed E-state index contributed by atoms with van der Waals surface area (Å²) in [5, 5.41) is 0.937. The number of H-pyrrole nitrogens is 1. The zero-order valence-electron chi connectivity index (χ0n) is 12.4. The fourth-order valence-corrected chi connectivity index (χ4v) is 3.84. The molecule has 0 atom stereocenters. The predicted octanol–water partition coefficient (Wildman–Crippen LogP) is 4.84. The van der Waals surface area contributed by atoms with E-state index in [9.17, 15) is 0 Å². The summed E-state index contributed by atoms with van der Waals surface area (Å²) in [6.45, 7) is 5.90. The summed E-state index contributed by atoms with van der Waals surface area (Å²) in [6.07, 6.45) is 3.81. The Labute approximate surface area is 138 Å². The largest absolute Gasteiger partial charge is 0.333 e. The second-order valence-corrected chi connectivity index (χ2v) is 6.85. The average Bonchev–Trinajstić information content (AvgIpc) is 2.95. The van der Waals surface area contributed by atoms with E-state index >= 15 is 0 Å². The third-order valence-corrected chi connectivity index (χ3v) is 5.37. The number of benzene rings is 1. The van der Waals surface area contributed by atoms with Crippen molar-refractivity contribution in [3.8, 4) is 0 Å². The number of pyridine rings is 1. The molecule has 0 fully saturated rings. The Balaban J connectivity index is 1.74. The van der Waals surface area contributed by atoms with Gasteiger partial charge in [-0.15, -0.1) is 18.3 Å². The molecule has 0 saturated heterocycles. The van der Waals surface area contributed by atoms with Crippen molar-refractivity contribution in [2.75, 3.05) is 5.75 Å². The maximum absolute atomic E-state index is 4.59. The lowest BCUT2D eigenvalue weighted by Crippen LogP contribution is -1.94. The first-order valence-electron chi connectivity index (χ1n) is 7.03. The molecule has 0 bridgehead atoms. The third kappa shape index (κ3) is 3.36. The SMILES string of the molecule is C=CCSc1ccnc(CSc2nc3ccccc3[nH]2)c1C. The van der Waals surface area contributed by atoms with Gasteiger partial charge >= 0.3 is 0 Å². The summed E-state index contributed by atoms with van der Waals surface area (Å²) in [5.74, 6) is 1.73. The van der Waals surface area contributed by atoms with Gasteiger partial charge in [0.05, 0.1) is 16.7 Å². The van der Waals surface area contributed by atoms with Crippen LogP contribution in [0.25, 0.3) is 11.0 Å². The van der Waals surface area contributed by atoms with E-state index in [1.165, 1.54) is 10.5 Å². The van der Waals surface area contributed by atoms with E-state index in [-0.39, 0.29) is 0 Å². The Morgan fingerprint density at radius 2 is 2.09 bits per heavy atom. The maximum Gasteiger partial charge on any atom is 0.166 e. The Kier molecular flexibility index (Phi) is 4.85. The molecule has 2 aromatic heterocycles. The van der Waals surface area contributed by atoms with Crippen molar-refractivity contribution in [3.63, 3.8) is 0 Å². The number of imidazole rings is 1. The van der Waals surface area contributed by atoms with Crippen molar-refractivity contribution in [2.24, 2.45) is 0 Å². The molecule has 3 nitrogen and oxygen atoms in total. The van der Waals surface area contributed by atoms with Crippen molar-refractivity contribution in [2.45, 2.75) is 22.7 Å². The monoisotopic (exact) mass is 327 g/mol. The van der Waals surface area contributed by atoms with E-state index in [0.717, 1.165) is 33.4 Å². The molecular formula is C17H17N3S2. The lowest BCUT2D eigenvalue weighted by Gasteiger charge is -2.08. The van der Waals surface area contributed by atoms with Gasteiger partial charge < -0.3 is 4.98 Å². The number of para-hydroxylation sites is 2. The molecule has 0 spiro atoms. The van der Waals surface area contributed by atoms with E-state index in [2.05, 4.69) is 34.5 Å². The predicted molar refractivity (Wildman–Crippen MR) is 95.5 cm³/mol. The fourth-order valence-electron chi connectivity index (χ4n) is 2.14. The van der Waals surface area contributed by atoms with Crippen molar-refractivity contribution in [1.82, 2.24) is 15.0 Å². The van der Waals surface area contributed by atoms with Crippen molar-refractivity contribution in [3.05, 3.63) is 60.4 Å². The highest BCUT2D eigenvalue weighted by Crippen LogP contribution is 2.28. The quantitative estimate of drug-likeness (QED) is 0.520. The topological polar surface area (TPSA) is 41.6 Å². The lowest BCUT2D eigenvalue weighted by molar-refractivity contribution is 1.05. The molecule has 0 aliphatic heterocycles. The van der Waals surface area contributed by atoms with E-state index in [4.69, 9.17) is 0 Å². The summed E-state index contributed by atoms with van der Waals surface area (Å²) in [6, 6.07) is 10.2. The number of fused-ring (bicyclic) bond motifs is 1. The van der Waals surface area contributed by atoms with Crippen LogP contribution in [0.15, 0.2) is 59.2 Å². The van der Waals surface area contributed by atoms with Crippen LogP contribution in [0.4, 0.5) is 0 Å². The maximum atomic E-state index is 4.59. The molecule has 0 radical (unpaired) electrons. The Morgan fingerprint density at radius 3 is 2.91 bits per heavy atom. The van der Waals surface area contributed by atoms with Crippen LogP contribution >= 0.6 is 23.5 Å². The van der Waals surface area contributed by atoms with Gasteiger partial charge in [-0.2, -0.15) is 0 Å². The number of hydrogen-bond acceptors (Lipinski definition) is 4. The van der Waals surface area contributed by atoms with Crippen molar-refractivity contribution in [1.29, 1.82) is 0 Å². The number of aromatic nitrogens is 3. The number of nitrogens with one attached hydrogen (secondary N) is 1. The second kappa shape index (κ2) is 7.03. The molecule has 22 heavy (non-hydrogen) atoms. The van der Waals surface area contributed by atoms with Gasteiger partial charge in [0.15, 0.2) is 5.16 Å². The average molecular weight is 327 g/mol. The minimum absolute atomic E-state index is 0.814. The first-order chi connectivity index (χ1) is 10.8. The van der Waals surface area contributed by atoms with Crippen LogP contribution in [0.1, 0.15) is 11.3 Å². The van der Waals surface area contributed by atoms with E-state index in [1.54, 1.807) is 23.5 Å². The molecule has 3 aromatic rings. The standard InChI is InChI=1S/C17H17N3S2/c1-3-10-21-16-8-9-18-15(12(16)2)11-22-17-19-13-6-4-5-7-14(13)20-17/h3-9H,1,10-11H2,2H3,(H,19,20). The highest BCUT2D eigenvalue weighted by Gasteiger charge is 2.08. The number of rotatable bonds is 6. The molecule has 0 amide bonds. The van der Waals surface area contributed by atoms with E-state index in [0.29, 0.717) is 0 Å². The van der Waals surface area contributed by atoms with Gasteiger partial charge in [-0.05, 0) is 30.7 Å². The Bertz CT molecular complexity index is 762. The number of thioether (sulfide) groups is 2. The first kappa shape index (κ1) is 15.2. The van der Waals surface area contributed by atoms with E-state index in [1.807, 2.05) is 36.5 Å². The highest BCUT2D eigenvalue weighted by atomic mass is 32.2. The summed E-state index contributed by atoms with van der Waals surface area (Å²) >= 11 is 3.48. The van der Waals surface area contributed by atoms with Crippen LogP contribution in [0, 0.1) is 6.92 Å². The smallest absolute Gasteiger partial charge is 0.166 e. The van der Waals surface area contributed by atoms with Crippen molar-refractivity contribution >= 4 is 34.6 Å². The Hall–Kier alpha value is -1.72. The van der Waals surface area contributed by atoms with Gasteiger partial charge in [0.2, 0.25) is 0 Å². The minimum Gasteiger partial charge on any atom is -0.333 e. The molecule has 1 N–H and O–H groups in total. The lowest BCUT2D eigenvalue weighted by atomic mass is 10.2. The van der Waals surface area contributed by atoms with Gasteiger partial charge in [-0.1, -0.05) is 30.0 Å². The molecule has 0 saturated carbocycles. The number of aromatic amines is 1. The van der Waals surface area contributed by atoms with Crippen molar-refractivity contribution < 1.29 is 0 Å². The van der Waals surface area contributed by atoms with Crippen LogP contribution in [0.3, 0.4) is 0 Å².